The second-order valence-electron chi connectivity index (χ2n) is 10.4. The lowest BCUT2D eigenvalue weighted by Crippen LogP contribution is -2.30. The average Bonchev–Trinajstić information content (AvgIpc) is 3.62. The molecule has 7 rings (SSSR count). The van der Waals surface area contributed by atoms with Crippen LogP contribution in [0.5, 0.6) is 0 Å². The molecule has 9 nitrogen and oxygen atoms in total. The number of halogens is 1. The van der Waals surface area contributed by atoms with Crippen molar-refractivity contribution in [2.75, 3.05) is 18.4 Å². The number of amides is 1. The fourth-order valence-corrected chi connectivity index (χ4v) is 5.47. The number of aromatic nitrogens is 6. The number of hydrogen-bond donors (Lipinski definition) is 4. The maximum Gasteiger partial charge on any atom is 0.224 e. The van der Waals surface area contributed by atoms with Gasteiger partial charge in [0, 0.05) is 35.3 Å². The maximum atomic E-state index is 13.5. The zero-order chi connectivity index (χ0) is 27.8. The maximum absolute atomic E-state index is 13.5. The smallest absolute Gasteiger partial charge is 0.224 e. The Morgan fingerprint density at radius 3 is 2.61 bits per heavy atom. The molecule has 4 N–H and O–H groups in total. The molecule has 0 radical (unpaired) electrons. The number of aromatic amines is 2. The van der Waals surface area contributed by atoms with Crippen molar-refractivity contribution in [3.63, 3.8) is 0 Å². The number of hydrogen-bond acceptors (Lipinski definition) is 6. The van der Waals surface area contributed by atoms with Gasteiger partial charge in [-0.2, -0.15) is 5.10 Å². The second-order valence-corrected chi connectivity index (χ2v) is 10.4. The Morgan fingerprint density at radius 1 is 0.927 bits per heavy atom. The largest absolute Gasteiger partial charge is 0.336 e. The van der Waals surface area contributed by atoms with Crippen molar-refractivity contribution < 1.29 is 9.18 Å². The van der Waals surface area contributed by atoms with Gasteiger partial charge in [0.05, 0.1) is 28.6 Å². The van der Waals surface area contributed by atoms with E-state index in [-0.39, 0.29) is 11.7 Å². The number of carbonyl (C=O) groups excluding carboxylic acids is 1. The van der Waals surface area contributed by atoms with E-state index in [1.165, 1.54) is 12.1 Å². The summed E-state index contributed by atoms with van der Waals surface area (Å²) < 4.78 is 13.5. The van der Waals surface area contributed by atoms with Crippen LogP contribution < -0.4 is 10.6 Å². The summed E-state index contributed by atoms with van der Waals surface area (Å²) in [7, 11) is 0. The number of benzene rings is 2. The van der Waals surface area contributed by atoms with Crippen LogP contribution in [0.3, 0.4) is 0 Å². The van der Waals surface area contributed by atoms with Gasteiger partial charge in [0.1, 0.15) is 17.0 Å². The molecule has 5 heterocycles. The molecule has 2 aromatic carbocycles. The normalized spacial score (nSPS) is 14.1. The molecule has 10 heteroatoms. The molecule has 0 aliphatic carbocycles. The molecule has 4 aromatic heterocycles. The summed E-state index contributed by atoms with van der Waals surface area (Å²) in [4.78, 5) is 29.8. The van der Waals surface area contributed by atoms with Crippen LogP contribution in [-0.4, -0.2) is 49.1 Å². The van der Waals surface area contributed by atoms with Gasteiger partial charge in [-0.15, -0.1) is 0 Å². The molecule has 1 aliphatic rings. The number of fused-ring (bicyclic) bond motifs is 2. The number of anilines is 1. The summed E-state index contributed by atoms with van der Waals surface area (Å²) in [5, 5.41) is 14.9. The molecule has 1 aliphatic heterocycles. The van der Waals surface area contributed by atoms with E-state index in [2.05, 4.69) is 35.8 Å². The predicted molar refractivity (Wildman–Crippen MR) is 156 cm³/mol. The molecule has 41 heavy (non-hydrogen) atoms. The number of carbonyl (C=O) groups is 1. The lowest BCUT2D eigenvalue weighted by molar-refractivity contribution is -0.117. The first-order chi connectivity index (χ1) is 20.1. The molecule has 1 fully saturated rings. The third-order valence-corrected chi connectivity index (χ3v) is 7.59. The highest BCUT2D eigenvalue weighted by molar-refractivity contribution is 5.98. The van der Waals surface area contributed by atoms with Crippen LogP contribution >= 0.6 is 0 Å². The van der Waals surface area contributed by atoms with Crippen LogP contribution in [0.15, 0.2) is 73.2 Å². The monoisotopic (exact) mass is 546 g/mol. The standard InChI is InChI=1S/C31H27FN8O/c32-22-4-1-19(2-5-22)28-30-26(9-12-35-28)37-31(38-30)29-24-15-20(3-6-25(24)39-40-29)21-14-23(17-34-16-21)36-27(41)13-18-7-10-33-11-8-18/h1-6,9,12,14-18,33H,7-8,10-11,13H2,(H,36,41)(H,37,38)(H,39,40). The number of nitrogens with zero attached hydrogens (tertiary/aromatic N) is 4. The Labute approximate surface area is 234 Å². The summed E-state index contributed by atoms with van der Waals surface area (Å²) in [6.07, 6.45) is 7.72. The minimum atomic E-state index is -0.303. The van der Waals surface area contributed by atoms with E-state index in [9.17, 15) is 9.18 Å². The third kappa shape index (κ3) is 5.05. The molecule has 204 valence electrons. The quantitative estimate of drug-likeness (QED) is 0.213. The highest BCUT2D eigenvalue weighted by atomic mass is 19.1. The number of imidazole rings is 1. The van der Waals surface area contributed by atoms with E-state index in [4.69, 9.17) is 4.98 Å². The number of H-pyrrole nitrogens is 2. The van der Waals surface area contributed by atoms with Gasteiger partial charge in [0.25, 0.3) is 0 Å². The minimum Gasteiger partial charge on any atom is -0.336 e. The van der Waals surface area contributed by atoms with Gasteiger partial charge in [-0.1, -0.05) is 6.07 Å². The molecular weight excluding hydrogens is 519 g/mol. The van der Waals surface area contributed by atoms with Crippen LogP contribution in [0.1, 0.15) is 19.3 Å². The Kier molecular flexibility index (Phi) is 6.44. The lowest BCUT2D eigenvalue weighted by atomic mass is 9.94. The molecule has 0 atom stereocenters. The Bertz CT molecular complexity index is 1870. The molecule has 1 amide bonds. The van der Waals surface area contributed by atoms with E-state index in [0.29, 0.717) is 40.8 Å². The third-order valence-electron chi connectivity index (χ3n) is 7.59. The summed E-state index contributed by atoms with van der Waals surface area (Å²) in [6, 6.07) is 16.0. The zero-order valence-corrected chi connectivity index (χ0v) is 22.1. The Hall–Kier alpha value is -4.96. The first-order valence-corrected chi connectivity index (χ1v) is 13.7. The number of rotatable bonds is 6. The fraction of sp³-hybridized carbons (Fsp3) is 0.194. The molecule has 0 spiro atoms. The van der Waals surface area contributed by atoms with Crippen LogP contribution in [0.2, 0.25) is 0 Å². The molecular formula is C31H27FN8O. The number of pyridine rings is 2. The van der Waals surface area contributed by atoms with Crippen molar-refractivity contribution in [1.82, 2.24) is 35.5 Å². The van der Waals surface area contributed by atoms with Gasteiger partial charge >= 0.3 is 0 Å². The molecule has 6 aromatic rings. The highest BCUT2D eigenvalue weighted by Crippen LogP contribution is 2.33. The van der Waals surface area contributed by atoms with E-state index >= 15 is 0 Å². The number of piperidine rings is 1. The summed E-state index contributed by atoms with van der Waals surface area (Å²) in [6.45, 7) is 1.93. The summed E-state index contributed by atoms with van der Waals surface area (Å²) in [5.74, 6) is 0.720. The van der Waals surface area contributed by atoms with Crippen molar-refractivity contribution in [3.8, 4) is 33.9 Å². The number of nitrogens with one attached hydrogen (secondary N) is 4. The predicted octanol–water partition coefficient (Wildman–Crippen LogP) is 5.70. The van der Waals surface area contributed by atoms with Crippen LogP contribution in [-0.2, 0) is 4.79 Å². The van der Waals surface area contributed by atoms with Crippen LogP contribution in [0.25, 0.3) is 55.8 Å². The van der Waals surface area contributed by atoms with Crippen LogP contribution in [0.4, 0.5) is 10.1 Å². The van der Waals surface area contributed by atoms with Gasteiger partial charge in [-0.05, 0) is 85.9 Å². The molecule has 0 saturated carbocycles. The van der Waals surface area contributed by atoms with Gasteiger partial charge in [-0.25, -0.2) is 9.37 Å². The van der Waals surface area contributed by atoms with Crippen molar-refractivity contribution in [3.05, 3.63) is 79.0 Å². The highest BCUT2D eigenvalue weighted by Gasteiger charge is 2.18. The molecule has 0 unspecified atom stereocenters. The summed E-state index contributed by atoms with van der Waals surface area (Å²) >= 11 is 0. The first kappa shape index (κ1) is 25.0. The zero-order valence-electron chi connectivity index (χ0n) is 22.1. The Morgan fingerprint density at radius 2 is 1.76 bits per heavy atom. The van der Waals surface area contributed by atoms with Crippen molar-refractivity contribution in [2.45, 2.75) is 19.3 Å². The van der Waals surface area contributed by atoms with Gasteiger partial charge < -0.3 is 15.6 Å². The van der Waals surface area contributed by atoms with Crippen LogP contribution in [0, 0.1) is 11.7 Å². The first-order valence-electron chi connectivity index (χ1n) is 13.7. The van der Waals surface area contributed by atoms with E-state index in [1.807, 2.05) is 30.3 Å². The second kappa shape index (κ2) is 10.5. The molecule has 1 saturated heterocycles. The SMILES string of the molecule is O=C(CC1CCNCC1)Nc1cncc(-c2ccc3[nH]nc(-c4nc5c(-c6ccc(F)cc6)nccc5[nH]4)c3c2)c1. The van der Waals surface area contributed by atoms with E-state index < -0.39 is 0 Å². The van der Waals surface area contributed by atoms with Crippen molar-refractivity contribution in [1.29, 1.82) is 0 Å². The fourth-order valence-electron chi connectivity index (χ4n) is 5.47. The van der Waals surface area contributed by atoms with E-state index in [0.717, 1.165) is 59.0 Å². The lowest BCUT2D eigenvalue weighted by Gasteiger charge is -2.21. The summed E-state index contributed by atoms with van der Waals surface area (Å²) in [5.41, 5.74) is 6.94. The van der Waals surface area contributed by atoms with Crippen molar-refractivity contribution in [2.24, 2.45) is 5.92 Å². The van der Waals surface area contributed by atoms with Gasteiger partial charge in [0.15, 0.2) is 5.82 Å². The van der Waals surface area contributed by atoms with Crippen molar-refractivity contribution >= 4 is 33.5 Å². The van der Waals surface area contributed by atoms with Gasteiger partial charge in [-0.3, -0.25) is 19.9 Å². The van der Waals surface area contributed by atoms with Gasteiger partial charge in [0.2, 0.25) is 5.91 Å². The Balaban J connectivity index is 1.19. The topological polar surface area (TPSA) is 124 Å². The average molecular weight is 547 g/mol. The molecule has 0 bridgehead atoms. The van der Waals surface area contributed by atoms with E-state index in [1.54, 1.807) is 30.7 Å². The minimum absolute atomic E-state index is 0.0165.